The van der Waals surface area contributed by atoms with Crippen LogP contribution in [0.5, 0.6) is 0 Å². The van der Waals surface area contributed by atoms with Crippen LogP contribution in [0.25, 0.3) is 0 Å². The number of likely N-dealkylation sites (tertiary alicyclic amines) is 1. The number of rotatable bonds is 6. The molecular weight excluding hydrogens is 302 g/mol. The molecule has 2 N–H and O–H groups in total. The molecule has 126 valence electrons. The second kappa shape index (κ2) is 8.04. The van der Waals surface area contributed by atoms with Gasteiger partial charge in [0.1, 0.15) is 0 Å². The molecule has 1 aromatic heterocycles. The van der Waals surface area contributed by atoms with E-state index in [1.165, 1.54) is 5.56 Å². The van der Waals surface area contributed by atoms with Gasteiger partial charge in [-0.25, -0.2) is 0 Å². The maximum Gasteiger partial charge on any atom is 0.224 e. The van der Waals surface area contributed by atoms with E-state index in [1.54, 1.807) is 12.4 Å². The van der Waals surface area contributed by atoms with Crippen molar-refractivity contribution >= 4 is 5.91 Å². The Labute approximate surface area is 142 Å². The van der Waals surface area contributed by atoms with Gasteiger partial charge >= 0.3 is 0 Å². The molecule has 2 aromatic rings. The first-order valence-electron chi connectivity index (χ1n) is 8.32. The summed E-state index contributed by atoms with van der Waals surface area (Å²) in [5.74, 6) is -0.0101. The number of β-amino-alcohol motifs (C(OH)–C–C–N with tert-alkyl or cyclic N) is 1. The largest absolute Gasteiger partial charge is 0.392 e. The lowest BCUT2D eigenvalue weighted by atomic mass is 10.1. The van der Waals surface area contributed by atoms with Crippen molar-refractivity contribution in [2.24, 2.45) is 0 Å². The van der Waals surface area contributed by atoms with Crippen molar-refractivity contribution < 1.29 is 9.90 Å². The van der Waals surface area contributed by atoms with Gasteiger partial charge in [-0.1, -0.05) is 36.4 Å². The maximum absolute atomic E-state index is 12.1. The molecule has 0 aliphatic carbocycles. The van der Waals surface area contributed by atoms with E-state index >= 15 is 0 Å². The first kappa shape index (κ1) is 16.6. The minimum absolute atomic E-state index is 0.0101. The summed E-state index contributed by atoms with van der Waals surface area (Å²) >= 11 is 0. The number of nitrogens with zero attached hydrogens (tertiary/aromatic N) is 2. The van der Waals surface area contributed by atoms with Crippen LogP contribution in [0.4, 0.5) is 0 Å². The van der Waals surface area contributed by atoms with E-state index in [1.807, 2.05) is 30.3 Å². The van der Waals surface area contributed by atoms with Crippen LogP contribution in [-0.2, 0) is 17.8 Å². The fraction of sp³-hybridized carbons (Fsp3) is 0.368. The standard InChI is InChI=1S/C19H23N3O2/c23-18-10-17(22(14-18)13-15-5-2-1-3-6-15)12-21-19(24)9-16-7-4-8-20-11-16/h1-8,11,17-18,23H,9-10,12-14H2,(H,21,24). The average molecular weight is 325 g/mol. The highest BCUT2D eigenvalue weighted by molar-refractivity contribution is 5.78. The minimum atomic E-state index is -0.325. The van der Waals surface area contributed by atoms with E-state index in [2.05, 4.69) is 27.3 Å². The number of hydrogen-bond donors (Lipinski definition) is 2. The number of hydrogen-bond acceptors (Lipinski definition) is 4. The van der Waals surface area contributed by atoms with Crippen LogP contribution in [0.15, 0.2) is 54.9 Å². The summed E-state index contributed by atoms with van der Waals surface area (Å²) in [4.78, 5) is 18.4. The van der Waals surface area contributed by atoms with Gasteiger partial charge in [-0.2, -0.15) is 0 Å². The van der Waals surface area contributed by atoms with E-state index < -0.39 is 0 Å². The smallest absolute Gasteiger partial charge is 0.224 e. The number of aliphatic hydroxyl groups is 1. The lowest BCUT2D eigenvalue weighted by molar-refractivity contribution is -0.120. The number of carbonyl (C=O) groups is 1. The first-order chi connectivity index (χ1) is 11.7. The second-order valence-corrected chi connectivity index (χ2v) is 6.30. The summed E-state index contributed by atoms with van der Waals surface area (Å²) in [7, 11) is 0. The monoisotopic (exact) mass is 325 g/mol. The van der Waals surface area contributed by atoms with Crippen molar-refractivity contribution in [1.82, 2.24) is 15.2 Å². The van der Waals surface area contributed by atoms with Gasteiger partial charge < -0.3 is 10.4 Å². The summed E-state index contributed by atoms with van der Waals surface area (Å²) in [5.41, 5.74) is 2.13. The highest BCUT2D eigenvalue weighted by atomic mass is 16.3. The summed E-state index contributed by atoms with van der Waals surface area (Å²) in [6.45, 7) is 2.00. The van der Waals surface area contributed by atoms with Gasteiger partial charge in [0.25, 0.3) is 0 Å². The molecule has 1 aromatic carbocycles. The number of nitrogens with one attached hydrogen (secondary N) is 1. The number of carbonyl (C=O) groups excluding carboxylic acids is 1. The van der Waals surface area contributed by atoms with Crippen molar-refractivity contribution in [1.29, 1.82) is 0 Å². The Morgan fingerprint density at radius 1 is 1.21 bits per heavy atom. The molecule has 1 saturated heterocycles. The zero-order valence-electron chi connectivity index (χ0n) is 13.6. The summed E-state index contributed by atoms with van der Waals surface area (Å²) in [5, 5.41) is 13.0. The molecule has 5 heteroatoms. The summed E-state index contributed by atoms with van der Waals surface area (Å²) in [6.07, 6.45) is 4.11. The molecule has 1 aliphatic heterocycles. The molecule has 5 nitrogen and oxygen atoms in total. The van der Waals surface area contributed by atoms with Gasteiger partial charge in [0.15, 0.2) is 0 Å². The van der Waals surface area contributed by atoms with Gasteiger partial charge in [-0.3, -0.25) is 14.7 Å². The van der Waals surface area contributed by atoms with Crippen molar-refractivity contribution in [3.63, 3.8) is 0 Å². The molecule has 24 heavy (non-hydrogen) atoms. The Morgan fingerprint density at radius 3 is 2.75 bits per heavy atom. The highest BCUT2D eigenvalue weighted by Crippen LogP contribution is 2.20. The van der Waals surface area contributed by atoms with Gasteiger partial charge in [0, 0.05) is 38.1 Å². The SMILES string of the molecule is O=C(Cc1cccnc1)NCC1CC(O)CN1Cc1ccccc1. The molecule has 2 heterocycles. The maximum atomic E-state index is 12.1. The number of benzene rings is 1. The van der Waals surface area contributed by atoms with Crippen molar-refractivity contribution in [2.45, 2.75) is 31.5 Å². The highest BCUT2D eigenvalue weighted by Gasteiger charge is 2.30. The van der Waals surface area contributed by atoms with Crippen LogP contribution >= 0.6 is 0 Å². The lowest BCUT2D eigenvalue weighted by Crippen LogP contribution is -2.40. The Morgan fingerprint density at radius 2 is 2.00 bits per heavy atom. The predicted molar refractivity (Wildman–Crippen MR) is 92.2 cm³/mol. The summed E-state index contributed by atoms with van der Waals surface area (Å²) in [6, 6.07) is 14.1. The Bertz CT molecular complexity index is 648. The molecule has 2 unspecified atom stereocenters. The van der Waals surface area contributed by atoms with E-state index in [-0.39, 0.29) is 18.1 Å². The van der Waals surface area contributed by atoms with Crippen LogP contribution < -0.4 is 5.32 Å². The van der Waals surface area contributed by atoms with Crippen LogP contribution in [0.2, 0.25) is 0 Å². The van der Waals surface area contributed by atoms with Gasteiger partial charge in [0.05, 0.1) is 12.5 Å². The quantitative estimate of drug-likeness (QED) is 0.842. The van der Waals surface area contributed by atoms with Crippen molar-refractivity contribution in [2.75, 3.05) is 13.1 Å². The van der Waals surface area contributed by atoms with Crippen molar-refractivity contribution in [3.8, 4) is 0 Å². The third-order valence-corrected chi connectivity index (χ3v) is 4.36. The number of aromatic nitrogens is 1. The molecule has 0 radical (unpaired) electrons. The molecule has 1 fully saturated rings. The minimum Gasteiger partial charge on any atom is -0.392 e. The zero-order valence-corrected chi connectivity index (χ0v) is 13.6. The van der Waals surface area contributed by atoms with Crippen LogP contribution in [-0.4, -0.2) is 46.1 Å². The molecular formula is C19H23N3O2. The third kappa shape index (κ3) is 4.63. The Balaban J connectivity index is 1.52. The van der Waals surface area contributed by atoms with E-state index in [0.29, 0.717) is 25.9 Å². The fourth-order valence-electron chi connectivity index (χ4n) is 3.16. The van der Waals surface area contributed by atoms with E-state index in [0.717, 1.165) is 12.1 Å². The first-order valence-corrected chi connectivity index (χ1v) is 8.32. The molecule has 0 spiro atoms. The topological polar surface area (TPSA) is 65.5 Å². The number of amides is 1. The normalized spacial score (nSPS) is 20.9. The Hall–Kier alpha value is -2.24. The third-order valence-electron chi connectivity index (χ3n) is 4.36. The molecule has 1 amide bonds. The van der Waals surface area contributed by atoms with Crippen LogP contribution in [0, 0.1) is 0 Å². The summed E-state index contributed by atoms with van der Waals surface area (Å²) < 4.78 is 0. The molecule has 2 atom stereocenters. The van der Waals surface area contributed by atoms with E-state index in [9.17, 15) is 9.90 Å². The molecule has 0 bridgehead atoms. The lowest BCUT2D eigenvalue weighted by Gasteiger charge is -2.24. The Kier molecular flexibility index (Phi) is 5.56. The molecule has 0 saturated carbocycles. The van der Waals surface area contributed by atoms with Crippen LogP contribution in [0.3, 0.4) is 0 Å². The van der Waals surface area contributed by atoms with Gasteiger partial charge in [-0.05, 0) is 23.6 Å². The molecule has 1 aliphatic rings. The van der Waals surface area contributed by atoms with Gasteiger partial charge in [-0.15, -0.1) is 0 Å². The van der Waals surface area contributed by atoms with Crippen molar-refractivity contribution in [3.05, 3.63) is 66.0 Å². The second-order valence-electron chi connectivity index (χ2n) is 6.30. The molecule has 3 rings (SSSR count). The predicted octanol–water partition coefficient (Wildman–Crippen LogP) is 1.38. The van der Waals surface area contributed by atoms with Crippen LogP contribution in [0.1, 0.15) is 17.5 Å². The fourth-order valence-corrected chi connectivity index (χ4v) is 3.16. The zero-order chi connectivity index (χ0) is 16.8. The van der Waals surface area contributed by atoms with E-state index in [4.69, 9.17) is 0 Å². The number of aliphatic hydroxyl groups excluding tert-OH is 1. The van der Waals surface area contributed by atoms with Gasteiger partial charge in [0.2, 0.25) is 5.91 Å². The average Bonchev–Trinajstić information content (AvgIpc) is 2.94. The number of pyridine rings is 1.